The van der Waals surface area contributed by atoms with E-state index >= 15 is 0 Å². The van der Waals surface area contributed by atoms with Crippen LogP contribution in [-0.2, 0) is 4.74 Å². The number of fused-ring (bicyclic) bond motifs is 1. The van der Waals surface area contributed by atoms with E-state index in [0.29, 0.717) is 16.0 Å². The van der Waals surface area contributed by atoms with Gasteiger partial charge in [0.2, 0.25) is 0 Å². The second kappa shape index (κ2) is 5.65. The topological polar surface area (TPSA) is 91.9 Å². The van der Waals surface area contributed by atoms with Gasteiger partial charge >= 0.3 is 0 Å². The lowest BCUT2D eigenvalue weighted by molar-refractivity contribution is -0.102. The number of rotatable bonds is 2. The average molecular weight is 312 g/mol. The minimum absolute atomic E-state index is 0.0523. The molecule has 3 atom stereocenters. The van der Waals surface area contributed by atoms with Crippen molar-refractivity contribution in [1.29, 1.82) is 0 Å². The molecule has 1 saturated heterocycles. The predicted molar refractivity (Wildman–Crippen MR) is 75.3 cm³/mol. The van der Waals surface area contributed by atoms with E-state index in [1.807, 2.05) is 0 Å². The van der Waals surface area contributed by atoms with Gasteiger partial charge < -0.3 is 24.7 Å². The zero-order chi connectivity index (χ0) is 15.0. The average Bonchev–Trinajstić information content (AvgIpc) is 2.87. The first-order valence-electron chi connectivity index (χ1n) is 6.48. The van der Waals surface area contributed by atoms with Gasteiger partial charge in [-0.25, -0.2) is 0 Å². The summed E-state index contributed by atoms with van der Waals surface area (Å²) in [5.41, 5.74) is 0.546. The maximum absolute atomic E-state index is 12.1. The van der Waals surface area contributed by atoms with Crippen LogP contribution < -0.4 is 5.32 Å². The van der Waals surface area contributed by atoms with Gasteiger partial charge in [0.05, 0.1) is 19.3 Å². The highest BCUT2D eigenvalue weighted by molar-refractivity contribution is 6.31. The van der Waals surface area contributed by atoms with Crippen molar-refractivity contribution in [3.63, 3.8) is 0 Å². The summed E-state index contributed by atoms with van der Waals surface area (Å²) >= 11 is 5.88. The van der Waals surface area contributed by atoms with Crippen LogP contribution >= 0.6 is 11.6 Å². The number of carbonyl (C=O) groups excluding carboxylic acids is 1. The van der Waals surface area contributed by atoms with Gasteiger partial charge in [0.15, 0.2) is 5.76 Å². The normalized spacial score (nSPS) is 26.0. The maximum Gasteiger partial charge on any atom is 0.287 e. The number of hydrogen-bond acceptors (Lipinski definition) is 5. The molecule has 2 aromatic rings. The fraction of sp³-hybridized carbons (Fsp3) is 0.357. The molecule has 0 aliphatic carbocycles. The van der Waals surface area contributed by atoms with E-state index in [1.54, 1.807) is 24.3 Å². The number of carbonyl (C=O) groups is 1. The molecule has 1 amide bonds. The summed E-state index contributed by atoms with van der Waals surface area (Å²) in [7, 11) is 0. The summed E-state index contributed by atoms with van der Waals surface area (Å²) in [4.78, 5) is 12.1. The minimum Gasteiger partial charge on any atom is -0.451 e. The number of halogens is 1. The monoisotopic (exact) mass is 311 g/mol. The quantitative estimate of drug-likeness (QED) is 0.767. The van der Waals surface area contributed by atoms with Gasteiger partial charge in [0.1, 0.15) is 17.8 Å². The second-order valence-corrected chi connectivity index (χ2v) is 5.40. The molecule has 1 aliphatic heterocycles. The van der Waals surface area contributed by atoms with Crippen molar-refractivity contribution in [2.45, 2.75) is 18.2 Å². The lowest BCUT2D eigenvalue weighted by atomic mass is 10.0. The predicted octanol–water partition coefficient (Wildman–Crippen LogP) is 0.937. The van der Waals surface area contributed by atoms with Crippen LogP contribution in [-0.4, -0.2) is 47.6 Å². The molecule has 1 fully saturated rings. The van der Waals surface area contributed by atoms with Crippen LogP contribution in [0.25, 0.3) is 11.0 Å². The first kappa shape index (κ1) is 14.3. The van der Waals surface area contributed by atoms with E-state index in [-0.39, 0.29) is 19.0 Å². The third kappa shape index (κ3) is 2.89. The Hall–Kier alpha value is -1.60. The Morgan fingerprint density at radius 3 is 2.90 bits per heavy atom. The fourth-order valence-electron chi connectivity index (χ4n) is 2.27. The van der Waals surface area contributed by atoms with Gasteiger partial charge in [-0.15, -0.1) is 0 Å². The number of amides is 1. The number of furan rings is 1. The number of aliphatic hydroxyl groups is 2. The molecule has 0 spiro atoms. The van der Waals surface area contributed by atoms with E-state index in [0.717, 1.165) is 0 Å². The Morgan fingerprint density at radius 1 is 1.29 bits per heavy atom. The third-order valence-corrected chi connectivity index (χ3v) is 3.65. The number of nitrogens with one attached hydrogen (secondary N) is 1. The molecule has 0 radical (unpaired) electrons. The maximum atomic E-state index is 12.1. The molecule has 2 heterocycles. The van der Waals surface area contributed by atoms with Gasteiger partial charge in [-0.1, -0.05) is 11.6 Å². The van der Waals surface area contributed by atoms with Crippen molar-refractivity contribution in [3.8, 4) is 0 Å². The van der Waals surface area contributed by atoms with Crippen LogP contribution in [0.15, 0.2) is 28.7 Å². The first-order chi connectivity index (χ1) is 10.0. The van der Waals surface area contributed by atoms with E-state index in [9.17, 15) is 15.0 Å². The summed E-state index contributed by atoms with van der Waals surface area (Å²) < 4.78 is 10.5. The third-order valence-electron chi connectivity index (χ3n) is 3.41. The number of ether oxygens (including phenoxy) is 1. The molecule has 0 saturated carbocycles. The molecule has 1 aromatic heterocycles. The summed E-state index contributed by atoms with van der Waals surface area (Å²) in [6, 6.07) is 5.93. The molecular formula is C14H14ClNO5. The largest absolute Gasteiger partial charge is 0.451 e. The zero-order valence-electron chi connectivity index (χ0n) is 11.0. The van der Waals surface area contributed by atoms with Crippen LogP contribution in [0.1, 0.15) is 10.6 Å². The van der Waals surface area contributed by atoms with Crippen LogP contribution in [0, 0.1) is 0 Å². The van der Waals surface area contributed by atoms with E-state index in [2.05, 4.69) is 5.32 Å². The Morgan fingerprint density at radius 2 is 2.10 bits per heavy atom. The molecule has 1 aliphatic rings. The van der Waals surface area contributed by atoms with Gasteiger partial charge in [0, 0.05) is 10.4 Å². The molecule has 7 heteroatoms. The Bertz CT molecular complexity index is 670. The van der Waals surface area contributed by atoms with Crippen molar-refractivity contribution in [1.82, 2.24) is 5.32 Å². The van der Waals surface area contributed by atoms with Crippen molar-refractivity contribution in [2.24, 2.45) is 0 Å². The molecule has 1 aromatic carbocycles. The van der Waals surface area contributed by atoms with Gasteiger partial charge in [-0.3, -0.25) is 4.79 Å². The Balaban J connectivity index is 1.77. The lowest BCUT2D eigenvalue weighted by Crippen LogP contribution is -2.55. The highest BCUT2D eigenvalue weighted by atomic mass is 35.5. The SMILES string of the molecule is O=C(N[C@@H]1COC[C@@H](O)[C@H]1O)c1cc2cc(Cl)ccc2o1. The van der Waals surface area contributed by atoms with Crippen LogP contribution in [0.5, 0.6) is 0 Å². The smallest absolute Gasteiger partial charge is 0.287 e. The van der Waals surface area contributed by atoms with E-state index < -0.39 is 24.2 Å². The van der Waals surface area contributed by atoms with E-state index in [1.165, 1.54) is 0 Å². The molecule has 6 nitrogen and oxygen atoms in total. The van der Waals surface area contributed by atoms with Gasteiger partial charge in [0.25, 0.3) is 5.91 Å². The first-order valence-corrected chi connectivity index (χ1v) is 6.86. The van der Waals surface area contributed by atoms with Gasteiger partial charge in [-0.05, 0) is 24.3 Å². The molecule has 3 N–H and O–H groups in total. The Kier molecular flexibility index (Phi) is 3.86. The second-order valence-electron chi connectivity index (χ2n) is 4.97. The van der Waals surface area contributed by atoms with Crippen molar-refractivity contribution < 1.29 is 24.2 Å². The highest BCUT2D eigenvalue weighted by Gasteiger charge is 2.33. The summed E-state index contributed by atoms with van der Waals surface area (Å²) in [6.07, 6.45) is -2.08. The summed E-state index contributed by atoms with van der Waals surface area (Å²) in [5.74, 6) is -0.372. The molecule has 0 bridgehead atoms. The zero-order valence-corrected chi connectivity index (χ0v) is 11.7. The highest BCUT2D eigenvalue weighted by Crippen LogP contribution is 2.23. The van der Waals surface area contributed by atoms with Crippen molar-refractivity contribution in [2.75, 3.05) is 13.2 Å². The van der Waals surface area contributed by atoms with Crippen molar-refractivity contribution >= 4 is 28.5 Å². The van der Waals surface area contributed by atoms with Crippen LogP contribution in [0.3, 0.4) is 0 Å². The minimum atomic E-state index is -1.07. The number of benzene rings is 1. The fourth-order valence-corrected chi connectivity index (χ4v) is 2.45. The standard InChI is InChI=1S/C14H14ClNO5/c15-8-1-2-11-7(3-8)4-12(21-11)14(19)16-9-5-20-6-10(17)13(9)18/h1-4,9-10,13,17-18H,5-6H2,(H,16,19)/t9-,10-,13+/m1/s1. The molecule has 21 heavy (non-hydrogen) atoms. The van der Waals surface area contributed by atoms with Crippen LogP contribution in [0.4, 0.5) is 0 Å². The molecule has 0 unspecified atom stereocenters. The molecule has 3 rings (SSSR count). The molecular weight excluding hydrogens is 298 g/mol. The number of hydrogen-bond donors (Lipinski definition) is 3. The Labute approximate surface area is 125 Å². The van der Waals surface area contributed by atoms with Crippen LogP contribution in [0.2, 0.25) is 5.02 Å². The van der Waals surface area contributed by atoms with E-state index in [4.69, 9.17) is 20.8 Å². The summed E-state index contributed by atoms with van der Waals surface area (Å²) in [6.45, 7) is 0.187. The van der Waals surface area contributed by atoms with Crippen molar-refractivity contribution in [3.05, 3.63) is 35.0 Å². The van der Waals surface area contributed by atoms with Gasteiger partial charge in [-0.2, -0.15) is 0 Å². The summed E-state index contributed by atoms with van der Waals surface area (Å²) in [5, 5.41) is 23.2. The molecule has 112 valence electrons. The number of aliphatic hydroxyl groups excluding tert-OH is 2. The lowest BCUT2D eigenvalue weighted by Gasteiger charge is -2.31.